The molecule has 12 heavy (non-hydrogen) atoms. The summed E-state index contributed by atoms with van der Waals surface area (Å²) < 4.78 is 5.38. The Morgan fingerprint density at radius 3 is 2.58 bits per heavy atom. The zero-order valence-corrected chi connectivity index (χ0v) is 7.55. The monoisotopic (exact) mass is 166 g/mol. The highest BCUT2D eigenvalue weighted by molar-refractivity contribution is 5.23. The van der Waals surface area contributed by atoms with Gasteiger partial charge in [0.05, 0.1) is 5.60 Å². The molecule has 1 aromatic rings. The maximum Gasteiger partial charge on any atom is 0.104 e. The summed E-state index contributed by atoms with van der Waals surface area (Å²) in [6, 6.07) is 2.02. The topological polar surface area (TPSA) is 33.4 Å². The molecule has 0 saturated heterocycles. The first-order valence-electron chi connectivity index (χ1n) is 4.37. The van der Waals surface area contributed by atoms with Gasteiger partial charge in [0.2, 0.25) is 0 Å². The molecule has 2 rings (SSSR count). The summed E-state index contributed by atoms with van der Waals surface area (Å²) in [5.41, 5.74) is 0.758. The summed E-state index contributed by atoms with van der Waals surface area (Å²) in [6.45, 7) is 3.89. The van der Waals surface area contributed by atoms with Gasteiger partial charge in [0.15, 0.2) is 0 Å². The van der Waals surface area contributed by atoms with E-state index < -0.39 is 5.60 Å². The third-order valence-corrected chi connectivity index (χ3v) is 2.49. The highest BCUT2D eigenvalue weighted by atomic mass is 16.3. The first-order valence-corrected chi connectivity index (χ1v) is 4.37. The van der Waals surface area contributed by atoms with E-state index in [0.717, 1.165) is 36.3 Å². The van der Waals surface area contributed by atoms with E-state index in [1.807, 2.05) is 19.9 Å². The predicted octanol–water partition coefficient (Wildman–Crippen LogP) is 1.96. The van der Waals surface area contributed by atoms with E-state index in [-0.39, 0.29) is 0 Å². The Balaban J connectivity index is 2.17. The van der Waals surface area contributed by atoms with E-state index in [4.69, 9.17) is 4.42 Å². The summed E-state index contributed by atoms with van der Waals surface area (Å²) in [5.74, 6) is 1.89. The highest BCUT2D eigenvalue weighted by Gasteiger charge is 2.40. The number of rotatable bonds is 2. The second-order valence-electron chi connectivity index (χ2n) is 3.84. The number of hydrogen-bond acceptors (Lipinski definition) is 2. The molecule has 0 spiro atoms. The van der Waals surface area contributed by atoms with Gasteiger partial charge in [-0.2, -0.15) is 0 Å². The Morgan fingerprint density at radius 2 is 2.17 bits per heavy atom. The first kappa shape index (κ1) is 7.87. The maximum absolute atomic E-state index is 9.67. The summed E-state index contributed by atoms with van der Waals surface area (Å²) in [5, 5.41) is 9.67. The van der Waals surface area contributed by atoms with Crippen LogP contribution in [0.5, 0.6) is 0 Å². The quantitative estimate of drug-likeness (QED) is 0.728. The first-order chi connectivity index (χ1) is 5.59. The molecule has 0 radical (unpaired) electrons. The average Bonchev–Trinajstić information content (AvgIpc) is 2.58. The molecule has 0 aliphatic heterocycles. The zero-order valence-electron chi connectivity index (χ0n) is 7.55. The van der Waals surface area contributed by atoms with Gasteiger partial charge in [-0.1, -0.05) is 0 Å². The molecule has 0 atom stereocenters. The second-order valence-corrected chi connectivity index (χ2v) is 3.84. The van der Waals surface area contributed by atoms with Crippen molar-refractivity contribution in [2.75, 3.05) is 0 Å². The van der Waals surface area contributed by atoms with E-state index in [1.165, 1.54) is 0 Å². The van der Waals surface area contributed by atoms with Crippen molar-refractivity contribution >= 4 is 0 Å². The third kappa shape index (κ3) is 1.39. The summed E-state index contributed by atoms with van der Waals surface area (Å²) in [6.07, 6.45) is 2.64. The van der Waals surface area contributed by atoms with Gasteiger partial charge < -0.3 is 9.52 Å². The Hall–Kier alpha value is -0.760. The highest BCUT2D eigenvalue weighted by Crippen LogP contribution is 2.39. The Bertz CT molecular complexity index is 295. The Kier molecular flexibility index (Phi) is 1.55. The molecule has 66 valence electrons. The van der Waals surface area contributed by atoms with Crippen LogP contribution >= 0.6 is 0 Å². The average molecular weight is 166 g/mol. The van der Waals surface area contributed by atoms with Crippen LogP contribution in [0.2, 0.25) is 0 Å². The van der Waals surface area contributed by atoms with Crippen molar-refractivity contribution in [1.82, 2.24) is 0 Å². The van der Waals surface area contributed by atoms with Gasteiger partial charge in [-0.05, 0) is 38.3 Å². The minimum absolute atomic E-state index is 0.402. The van der Waals surface area contributed by atoms with E-state index in [1.54, 1.807) is 0 Å². The zero-order chi connectivity index (χ0) is 8.77. The molecule has 1 aliphatic carbocycles. The normalized spacial score (nSPS) is 19.6. The molecule has 1 saturated carbocycles. The minimum atomic E-state index is -0.402. The van der Waals surface area contributed by atoms with Crippen molar-refractivity contribution < 1.29 is 9.52 Å². The van der Waals surface area contributed by atoms with Crippen molar-refractivity contribution in [2.45, 2.75) is 38.7 Å². The van der Waals surface area contributed by atoms with E-state index in [2.05, 4.69) is 0 Å². The van der Waals surface area contributed by atoms with Gasteiger partial charge in [-0.15, -0.1) is 0 Å². The van der Waals surface area contributed by atoms with Crippen molar-refractivity contribution in [3.05, 3.63) is 23.2 Å². The molecule has 1 aromatic heterocycles. The molecule has 1 N–H and O–H groups in total. The molecular formula is C10H14O2. The molecule has 2 heteroatoms. The maximum atomic E-state index is 9.67. The lowest BCUT2D eigenvalue weighted by Gasteiger charge is -2.04. The van der Waals surface area contributed by atoms with Crippen LogP contribution in [0.4, 0.5) is 0 Å². The second kappa shape index (κ2) is 2.36. The fourth-order valence-corrected chi connectivity index (χ4v) is 1.53. The lowest BCUT2D eigenvalue weighted by atomic mass is 10.1. The van der Waals surface area contributed by atoms with Crippen LogP contribution < -0.4 is 0 Å². The summed E-state index contributed by atoms with van der Waals surface area (Å²) >= 11 is 0. The van der Waals surface area contributed by atoms with E-state index in [9.17, 15) is 5.11 Å². The van der Waals surface area contributed by atoms with Crippen molar-refractivity contribution in [2.24, 2.45) is 0 Å². The minimum Gasteiger partial charge on any atom is -0.466 e. The van der Waals surface area contributed by atoms with Crippen molar-refractivity contribution in [3.63, 3.8) is 0 Å². The molecule has 1 aliphatic rings. The molecule has 2 nitrogen and oxygen atoms in total. The largest absolute Gasteiger partial charge is 0.466 e. The van der Waals surface area contributed by atoms with Crippen LogP contribution in [0.1, 0.15) is 29.9 Å². The van der Waals surface area contributed by atoms with Crippen LogP contribution in [0.15, 0.2) is 10.5 Å². The van der Waals surface area contributed by atoms with Gasteiger partial charge >= 0.3 is 0 Å². The van der Waals surface area contributed by atoms with Crippen LogP contribution in [-0.4, -0.2) is 10.7 Å². The van der Waals surface area contributed by atoms with E-state index >= 15 is 0 Å². The van der Waals surface area contributed by atoms with Gasteiger partial charge in [-0.25, -0.2) is 0 Å². The molecular weight excluding hydrogens is 152 g/mol. The third-order valence-electron chi connectivity index (χ3n) is 2.49. The fraction of sp³-hybridized carbons (Fsp3) is 0.600. The smallest absolute Gasteiger partial charge is 0.104 e. The SMILES string of the molecule is Cc1cc(CC2(O)CC2)c(C)o1. The molecule has 0 unspecified atom stereocenters. The van der Waals surface area contributed by atoms with E-state index in [0.29, 0.717) is 0 Å². The summed E-state index contributed by atoms with van der Waals surface area (Å²) in [4.78, 5) is 0. The molecule has 1 fully saturated rings. The van der Waals surface area contributed by atoms with Crippen LogP contribution in [0.25, 0.3) is 0 Å². The van der Waals surface area contributed by atoms with Gasteiger partial charge in [0, 0.05) is 6.42 Å². The van der Waals surface area contributed by atoms with Crippen LogP contribution in [0.3, 0.4) is 0 Å². The van der Waals surface area contributed by atoms with Crippen molar-refractivity contribution in [1.29, 1.82) is 0 Å². The van der Waals surface area contributed by atoms with Crippen LogP contribution in [-0.2, 0) is 6.42 Å². The van der Waals surface area contributed by atoms with Gasteiger partial charge in [0.25, 0.3) is 0 Å². The Labute approximate surface area is 72.2 Å². The summed E-state index contributed by atoms with van der Waals surface area (Å²) in [7, 11) is 0. The number of furan rings is 1. The molecule has 0 bridgehead atoms. The Morgan fingerprint density at radius 1 is 1.50 bits per heavy atom. The number of aryl methyl sites for hydroxylation is 2. The number of hydrogen-bond donors (Lipinski definition) is 1. The lowest BCUT2D eigenvalue weighted by molar-refractivity contribution is 0.150. The van der Waals surface area contributed by atoms with Crippen molar-refractivity contribution in [3.8, 4) is 0 Å². The van der Waals surface area contributed by atoms with Crippen LogP contribution in [0, 0.1) is 13.8 Å². The number of aliphatic hydroxyl groups is 1. The molecule has 1 heterocycles. The predicted molar refractivity (Wildman–Crippen MR) is 46.1 cm³/mol. The standard InChI is InChI=1S/C10H14O2/c1-7-5-9(8(2)12-7)6-10(11)3-4-10/h5,11H,3-4,6H2,1-2H3. The van der Waals surface area contributed by atoms with Gasteiger partial charge in [0.1, 0.15) is 11.5 Å². The fourth-order valence-electron chi connectivity index (χ4n) is 1.53. The molecule has 0 aromatic carbocycles. The van der Waals surface area contributed by atoms with Gasteiger partial charge in [-0.3, -0.25) is 0 Å². The lowest BCUT2D eigenvalue weighted by Crippen LogP contribution is -2.10. The molecule has 0 amide bonds.